The van der Waals surface area contributed by atoms with Crippen LogP contribution in [0.1, 0.15) is 13.3 Å². The van der Waals surface area contributed by atoms with Crippen molar-refractivity contribution in [1.82, 2.24) is 5.32 Å². The average Bonchev–Trinajstić information content (AvgIpc) is 1.95. The molecule has 1 atom stereocenters. The number of carbonyl (C=O) groups excluding carboxylic acids is 1. The van der Waals surface area contributed by atoms with Crippen molar-refractivity contribution in [3.63, 3.8) is 0 Å². The number of aliphatic hydroxyl groups is 1. The van der Waals surface area contributed by atoms with E-state index in [4.69, 9.17) is 5.11 Å². The van der Waals surface area contributed by atoms with Crippen molar-refractivity contribution >= 4 is 15.7 Å². The van der Waals surface area contributed by atoms with Gasteiger partial charge in [0, 0.05) is 19.2 Å². The first-order valence-corrected chi connectivity index (χ1v) is 6.00. The van der Waals surface area contributed by atoms with Crippen molar-refractivity contribution in [3.8, 4) is 0 Å². The van der Waals surface area contributed by atoms with Crippen molar-refractivity contribution in [3.05, 3.63) is 0 Å². The summed E-state index contributed by atoms with van der Waals surface area (Å²) in [7, 11) is -3.08. The molecule has 5 nitrogen and oxygen atoms in total. The maximum Gasteiger partial charge on any atom is 0.221 e. The van der Waals surface area contributed by atoms with Crippen LogP contribution in [-0.2, 0) is 14.6 Å². The second kappa shape index (κ2) is 5.18. The summed E-state index contributed by atoms with van der Waals surface area (Å²) in [5.74, 6) is -0.509. The first kappa shape index (κ1) is 12.4. The minimum absolute atomic E-state index is 0.0500. The summed E-state index contributed by atoms with van der Waals surface area (Å²) in [6, 6.07) is 0. The molecular formula is C7H15NO4S. The summed E-state index contributed by atoms with van der Waals surface area (Å²) in [6.07, 6.45) is 0.419. The van der Waals surface area contributed by atoms with Crippen LogP contribution >= 0.6 is 0 Å². The van der Waals surface area contributed by atoms with Crippen LogP contribution in [0.2, 0.25) is 0 Å². The Balaban J connectivity index is 3.65. The number of hydrogen-bond donors (Lipinski definition) is 2. The molecule has 13 heavy (non-hydrogen) atoms. The lowest BCUT2D eigenvalue weighted by Crippen LogP contribution is -2.31. The van der Waals surface area contributed by atoms with Crippen LogP contribution in [-0.4, -0.2) is 44.1 Å². The highest BCUT2D eigenvalue weighted by atomic mass is 32.2. The monoisotopic (exact) mass is 209 g/mol. The third-order valence-electron chi connectivity index (χ3n) is 1.29. The van der Waals surface area contributed by atoms with Crippen molar-refractivity contribution in [2.45, 2.75) is 19.4 Å². The number of carbonyl (C=O) groups is 1. The standard InChI is InChI=1S/C7H15NO4S/c1-6(9)5-8-7(10)3-4-13(2,11)12/h6,9H,3-5H2,1-2H3,(H,8,10)/t6-/m1/s1. The minimum atomic E-state index is -3.08. The summed E-state index contributed by atoms with van der Waals surface area (Å²) in [4.78, 5) is 10.9. The van der Waals surface area contributed by atoms with Crippen LogP contribution in [0.15, 0.2) is 0 Å². The third-order valence-corrected chi connectivity index (χ3v) is 2.24. The molecule has 0 aliphatic heterocycles. The van der Waals surface area contributed by atoms with Crippen LogP contribution < -0.4 is 5.32 Å². The highest BCUT2D eigenvalue weighted by Gasteiger charge is 2.07. The fourth-order valence-electron chi connectivity index (χ4n) is 0.628. The van der Waals surface area contributed by atoms with Gasteiger partial charge in [-0.05, 0) is 6.92 Å². The Bertz CT molecular complexity index is 258. The lowest BCUT2D eigenvalue weighted by atomic mass is 10.4. The highest BCUT2D eigenvalue weighted by Crippen LogP contribution is 1.88. The number of aliphatic hydroxyl groups excluding tert-OH is 1. The Morgan fingerprint density at radius 2 is 2.08 bits per heavy atom. The van der Waals surface area contributed by atoms with E-state index in [1.807, 2.05) is 0 Å². The summed E-state index contributed by atoms with van der Waals surface area (Å²) >= 11 is 0. The van der Waals surface area contributed by atoms with Crippen molar-refractivity contribution in [1.29, 1.82) is 0 Å². The van der Waals surface area contributed by atoms with E-state index in [9.17, 15) is 13.2 Å². The SMILES string of the molecule is C[C@@H](O)CNC(=O)CCS(C)(=O)=O. The van der Waals surface area contributed by atoms with Crippen LogP contribution in [0, 0.1) is 0 Å². The molecule has 0 spiro atoms. The van der Waals surface area contributed by atoms with E-state index in [2.05, 4.69) is 5.32 Å². The zero-order valence-electron chi connectivity index (χ0n) is 7.78. The van der Waals surface area contributed by atoms with Crippen LogP contribution in [0.5, 0.6) is 0 Å². The van der Waals surface area contributed by atoms with E-state index in [1.165, 1.54) is 6.92 Å². The van der Waals surface area contributed by atoms with Crippen LogP contribution in [0.25, 0.3) is 0 Å². The number of nitrogens with one attached hydrogen (secondary N) is 1. The summed E-state index contributed by atoms with van der Waals surface area (Å²) < 4.78 is 21.3. The molecule has 0 unspecified atom stereocenters. The molecule has 0 radical (unpaired) electrons. The third kappa shape index (κ3) is 9.29. The molecule has 2 N–H and O–H groups in total. The van der Waals surface area contributed by atoms with Crippen LogP contribution in [0.3, 0.4) is 0 Å². The average molecular weight is 209 g/mol. The summed E-state index contributed by atoms with van der Waals surface area (Å²) in [5.41, 5.74) is 0. The van der Waals surface area contributed by atoms with Gasteiger partial charge in [0.2, 0.25) is 5.91 Å². The minimum Gasteiger partial charge on any atom is -0.392 e. The molecule has 1 amide bonds. The molecule has 0 bridgehead atoms. The fraction of sp³-hybridized carbons (Fsp3) is 0.857. The van der Waals surface area contributed by atoms with E-state index >= 15 is 0 Å². The Labute approximate surface area is 78.1 Å². The normalized spacial score (nSPS) is 13.8. The van der Waals surface area contributed by atoms with Gasteiger partial charge in [-0.2, -0.15) is 0 Å². The lowest BCUT2D eigenvalue weighted by Gasteiger charge is -2.05. The Morgan fingerprint density at radius 1 is 1.54 bits per heavy atom. The van der Waals surface area contributed by atoms with Gasteiger partial charge < -0.3 is 10.4 Å². The van der Waals surface area contributed by atoms with Gasteiger partial charge in [-0.1, -0.05) is 0 Å². The smallest absolute Gasteiger partial charge is 0.221 e. The van der Waals surface area contributed by atoms with Gasteiger partial charge in [-0.25, -0.2) is 8.42 Å². The van der Waals surface area contributed by atoms with Gasteiger partial charge in [0.25, 0.3) is 0 Å². The maximum atomic E-state index is 10.9. The van der Waals surface area contributed by atoms with Crippen molar-refractivity contribution in [2.75, 3.05) is 18.6 Å². The van der Waals surface area contributed by atoms with Crippen molar-refractivity contribution in [2.24, 2.45) is 0 Å². The quantitative estimate of drug-likeness (QED) is 0.603. The Kier molecular flexibility index (Phi) is 4.94. The first-order chi connectivity index (χ1) is 5.81. The molecule has 0 aliphatic carbocycles. The van der Waals surface area contributed by atoms with Crippen molar-refractivity contribution < 1.29 is 18.3 Å². The molecule has 0 saturated carbocycles. The molecule has 0 aromatic rings. The van der Waals surface area contributed by atoms with Gasteiger partial charge in [0.05, 0.1) is 11.9 Å². The highest BCUT2D eigenvalue weighted by molar-refractivity contribution is 7.90. The topological polar surface area (TPSA) is 83.5 Å². The summed E-state index contributed by atoms with van der Waals surface area (Å²) in [6.45, 7) is 1.69. The van der Waals surface area contributed by atoms with Crippen LogP contribution in [0.4, 0.5) is 0 Å². The zero-order valence-corrected chi connectivity index (χ0v) is 8.60. The molecule has 0 aromatic carbocycles. The number of rotatable bonds is 5. The largest absolute Gasteiger partial charge is 0.392 e. The van der Waals surface area contributed by atoms with Gasteiger partial charge in [0.15, 0.2) is 0 Å². The molecule has 0 aromatic heterocycles. The molecule has 0 rings (SSSR count). The molecular weight excluding hydrogens is 194 g/mol. The summed E-state index contributed by atoms with van der Waals surface area (Å²) in [5, 5.41) is 11.2. The molecule has 0 heterocycles. The van der Waals surface area contributed by atoms with Gasteiger partial charge in [0.1, 0.15) is 9.84 Å². The predicted molar refractivity (Wildman–Crippen MR) is 49.0 cm³/mol. The second-order valence-electron chi connectivity index (χ2n) is 3.03. The molecule has 0 fully saturated rings. The zero-order chi connectivity index (χ0) is 10.5. The number of sulfone groups is 1. The first-order valence-electron chi connectivity index (χ1n) is 3.94. The van der Waals surface area contributed by atoms with E-state index in [1.54, 1.807) is 0 Å². The van der Waals surface area contributed by atoms with E-state index in [-0.39, 0.29) is 24.6 Å². The second-order valence-corrected chi connectivity index (χ2v) is 5.29. The fourth-order valence-corrected chi connectivity index (χ4v) is 1.18. The van der Waals surface area contributed by atoms with Gasteiger partial charge in [-0.15, -0.1) is 0 Å². The predicted octanol–water partition coefficient (Wildman–Crippen LogP) is -1.08. The van der Waals surface area contributed by atoms with Gasteiger partial charge >= 0.3 is 0 Å². The molecule has 78 valence electrons. The van der Waals surface area contributed by atoms with Gasteiger partial charge in [-0.3, -0.25) is 4.79 Å². The Hall–Kier alpha value is -0.620. The van der Waals surface area contributed by atoms with E-state index < -0.39 is 15.9 Å². The number of hydrogen-bond acceptors (Lipinski definition) is 4. The molecule has 0 saturated heterocycles. The molecule has 0 aliphatic rings. The number of amides is 1. The molecule has 6 heteroatoms. The van der Waals surface area contributed by atoms with E-state index in [0.29, 0.717) is 0 Å². The lowest BCUT2D eigenvalue weighted by molar-refractivity contribution is -0.121. The van der Waals surface area contributed by atoms with E-state index in [0.717, 1.165) is 6.26 Å². The maximum absolute atomic E-state index is 10.9. The Morgan fingerprint density at radius 3 is 2.46 bits per heavy atom.